The molecule has 1 saturated heterocycles. The summed E-state index contributed by atoms with van der Waals surface area (Å²) in [6.07, 6.45) is 0.691. The fourth-order valence-corrected chi connectivity index (χ4v) is 4.77. The average Bonchev–Trinajstić information content (AvgIpc) is 3.17. The summed E-state index contributed by atoms with van der Waals surface area (Å²) in [6, 6.07) is 16.9. The van der Waals surface area contributed by atoms with E-state index < -0.39 is 29.5 Å². The first kappa shape index (κ1) is 26.3. The minimum Gasteiger partial charge on any atom is -0.507 e. The number of ether oxygens (including phenoxy) is 2. The van der Waals surface area contributed by atoms with Crippen molar-refractivity contribution in [2.75, 3.05) is 18.6 Å². The number of aliphatic hydroxyl groups is 1. The van der Waals surface area contributed by atoms with E-state index >= 15 is 0 Å². The highest BCUT2D eigenvalue weighted by Crippen LogP contribution is 2.43. The zero-order valence-electron chi connectivity index (χ0n) is 20.0. The Hall–Kier alpha value is -3.81. The van der Waals surface area contributed by atoms with E-state index in [0.717, 1.165) is 0 Å². The number of amides is 1. The third-order valence-electron chi connectivity index (χ3n) is 5.85. The summed E-state index contributed by atoms with van der Waals surface area (Å²) in [5.74, 6) is -2.40. The molecule has 1 amide bonds. The van der Waals surface area contributed by atoms with Crippen LogP contribution in [-0.4, -0.2) is 36.5 Å². The fraction of sp³-hybridized carbons (Fsp3) is 0.179. The van der Waals surface area contributed by atoms with E-state index in [9.17, 15) is 19.5 Å². The molecule has 1 atom stereocenters. The van der Waals surface area contributed by atoms with Crippen molar-refractivity contribution in [1.29, 1.82) is 0 Å². The number of Topliss-reactive ketones (excluding diaryl/α,β-unsaturated/α-hetero) is 1. The molecular weight excluding hydrogens is 517 g/mol. The Morgan fingerprint density at radius 1 is 0.973 bits per heavy atom. The van der Waals surface area contributed by atoms with E-state index in [0.29, 0.717) is 29.8 Å². The number of benzene rings is 3. The molecule has 4 rings (SSSR count). The predicted octanol–water partition coefficient (Wildman–Crippen LogP) is 6.20. The number of methoxy groups -OCH3 is 1. The van der Waals surface area contributed by atoms with Gasteiger partial charge in [0.1, 0.15) is 5.76 Å². The summed E-state index contributed by atoms with van der Waals surface area (Å²) in [4.78, 5) is 40.1. The van der Waals surface area contributed by atoms with Crippen LogP contribution in [-0.2, 0) is 14.3 Å². The minimum atomic E-state index is -0.946. The molecule has 1 unspecified atom stereocenters. The van der Waals surface area contributed by atoms with Crippen molar-refractivity contribution in [2.45, 2.75) is 19.4 Å². The van der Waals surface area contributed by atoms with Gasteiger partial charge in [0.2, 0.25) is 0 Å². The summed E-state index contributed by atoms with van der Waals surface area (Å²) in [6.45, 7) is 2.19. The number of rotatable bonds is 7. The lowest BCUT2D eigenvalue weighted by Crippen LogP contribution is -2.29. The highest BCUT2D eigenvalue weighted by Gasteiger charge is 2.47. The van der Waals surface area contributed by atoms with E-state index in [1.54, 1.807) is 42.5 Å². The molecule has 37 heavy (non-hydrogen) atoms. The number of esters is 1. The maximum absolute atomic E-state index is 13.3. The summed E-state index contributed by atoms with van der Waals surface area (Å²) < 4.78 is 10.3. The summed E-state index contributed by atoms with van der Waals surface area (Å²) in [5.41, 5.74) is 1.31. The van der Waals surface area contributed by atoms with Gasteiger partial charge in [-0.25, -0.2) is 4.79 Å². The highest BCUT2D eigenvalue weighted by molar-refractivity contribution is 6.51. The normalized spacial score (nSPS) is 16.6. The van der Waals surface area contributed by atoms with E-state index in [-0.39, 0.29) is 26.9 Å². The second-order valence-electron chi connectivity index (χ2n) is 8.24. The topological polar surface area (TPSA) is 93.1 Å². The van der Waals surface area contributed by atoms with Gasteiger partial charge in [0.15, 0.2) is 5.75 Å². The smallest absolute Gasteiger partial charge is 0.338 e. The Morgan fingerprint density at radius 3 is 2.16 bits per heavy atom. The molecule has 1 aliphatic rings. The molecular formula is C28H23Cl2NO6. The zero-order chi connectivity index (χ0) is 26.7. The van der Waals surface area contributed by atoms with Crippen LogP contribution in [0.4, 0.5) is 5.69 Å². The summed E-state index contributed by atoms with van der Waals surface area (Å²) in [7, 11) is 1.41. The molecule has 1 N–H and O–H groups in total. The number of carbonyl (C=O) groups is 3. The lowest BCUT2D eigenvalue weighted by molar-refractivity contribution is -0.132. The fourth-order valence-electron chi connectivity index (χ4n) is 4.13. The molecule has 0 spiro atoms. The van der Waals surface area contributed by atoms with Gasteiger partial charge in [0.05, 0.1) is 40.9 Å². The van der Waals surface area contributed by atoms with Crippen LogP contribution in [0, 0.1) is 0 Å². The van der Waals surface area contributed by atoms with Crippen molar-refractivity contribution in [1.82, 2.24) is 0 Å². The van der Waals surface area contributed by atoms with E-state index in [4.69, 9.17) is 32.7 Å². The molecule has 0 aliphatic carbocycles. The zero-order valence-corrected chi connectivity index (χ0v) is 21.5. The lowest BCUT2D eigenvalue weighted by atomic mass is 9.95. The number of anilines is 1. The van der Waals surface area contributed by atoms with Crippen LogP contribution in [0.15, 0.2) is 72.3 Å². The molecule has 3 aromatic rings. The van der Waals surface area contributed by atoms with Crippen LogP contribution >= 0.6 is 23.2 Å². The SMILES string of the molecule is CCCOC(=O)c1ccc(N2C(=O)C(=O)/C(=C(/O)c3cc(Cl)c(OC)c(Cl)c3)C2c2ccccc2)cc1. The Morgan fingerprint density at radius 2 is 1.59 bits per heavy atom. The van der Waals surface area contributed by atoms with E-state index in [2.05, 4.69) is 0 Å². The second-order valence-corrected chi connectivity index (χ2v) is 9.05. The largest absolute Gasteiger partial charge is 0.507 e. The summed E-state index contributed by atoms with van der Waals surface area (Å²) in [5, 5.41) is 11.5. The van der Waals surface area contributed by atoms with Crippen molar-refractivity contribution in [2.24, 2.45) is 0 Å². The lowest BCUT2D eigenvalue weighted by Gasteiger charge is -2.25. The number of hydrogen-bond acceptors (Lipinski definition) is 6. The van der Waals surface area contributed by atoms with Gasteiger partial charge in [0.25, 0.3) is 11.7 Å². The van der Waals surface area contributed by atoms with Crippen LogP contribution in [0.1, 0.15) is 40.9 Å². The van der Waals surface area contributed by atoms with Gasteiger partial charge < -0.3 is 14.6 Å². The Labute approximate surface area is 223 Å². The second kappa shape index (κ2) is 11.1. The number of nitrogens with zero attached hydrogens (tertiary/aromatic N) is 1. The number of hydrogen-bond donors (Lipinski definition) is 1. The van der Waals surface area contributed by atoms with Crippen LogP contribution < -0.4 is 9.64 Å². The molecule has 1 aliphatic heterocycles. The van der Waals surface area contributed by atoms with Crippen LogP contribution in [0.2, 0.25) is 10.0 Å². The molecule has 190 valence electrons. The third-order valence-corrected chi connectivity index (χ3v) is 6.42. The number of halogens is 2. The van der Waals surface area contributed by atoms with Gasteiger partial charge in [-0.05, 0) is 48.4 Å². The van der Waals surface area contributed by atoms with Crippen molar-refractivity contribution in [3.05, 3.63) is 99.0 Å². The maximum Gasteiger partial charge on any atom is 0.338 e. The molecule has 7 nitrogen and oxygen atoms in total. The molecule has 1 fully saturated rings. The number of ketones is 1. The van der Waals surface area contributed by atoms with Crippen molar-refractivity contribution < 1.29 is 29.0 Å². The molecule has 0 saturated carbocycles. The Bertz CT molecular complexity index is 1360. The number of carbonyl (C=O) groups excluding carboxylic acids is 3. The van der Waals surface area contributed by atoms with Gasteiger partial charge in [-0.1, -0.05) is 60.5 Å². The van der Waals surface area contributed by atoms with E-state index in [1.165, 1.54) is 36.3 Å². The summed E-state index contributed by atoms with van der Waals surface area (Å²) >= 11 is 12.5. The first-order valence-electron chi connectivity index (χ1n) is 11.4. The van der Waals surface area contributed by atoms with Crippen LogP contribution in [0.3, 0.4) is 0 Å². The monoisotopic (exact) mass is 539 g/mol. The van der Waals surface area contributed by atoms with Gasteiger partial charge in [0, 0.05) is 11.3 Å². The van der Waals surface area contributed by atoms with Gasteiger partial charge in [-0.2, -0.15) is 0 Å². The molecule has 0 bridgehead atoms. The Balaban J connectivity index is 1.84. The molecule has 0 aromatic heterocycles. The quantitative estimate of drug-likeness (QED) is 0.166. The van der Waals surface area contributed by atoms with Gasteiger partial charge in [-0.15, -0.1) is 0 Å². The van der Waals surface area contributed by atoms with Crippen LogP contribution in [0.5, 0.6) is 5.75 Å². The molecule has 9 heteroatoms. The van der Waals surface area contributed by atoms with E-state index in [1.807, 2.05) is 6.92 Å². The molecule has 3 aromatic carbocycles. The standard InChI is InChI=1S/C28H23Cl2NO6/c1-3-13-37-28(35)17-9-11-19(12-10-17)31-23(16-7-5-4-6-8-16)22(25(33)27(31)34)24(32)18-14-20(29)26(36-2)21(30)15-18/h4-12,14-15,23,32H,3,13H2,1-2H3/b24-22+. The van der Waals surface area contributed by atoms with Crippen molar-refractivity contribution in [3.8, 4) is 5.75 Å². The van der Waals surface area contributed by atoms with Crippen molar-refractivity contribution >= 4 is 52.3 Å². The highest BCUT2D eigenvalue weighted by atomic mass is 35.5. The molecule has 1 heterocycles. The Kier molecular flexibility index (Phi) is 7.86. The first-order valence-corrected chi connectivity index (χ1v) is 12.2. The predicted molar refractivity (Wildman–Crippen MR) is 141 cm³/mol. The molecule has 0 radical (unpaired) electrons. The maximum atomic E-state index is 13.3. The first-order chi connectivity index (χ1) is 17.8. The van der Waals surface area contributed by atoms with Crippen LogP contribution in [0.25, 0.3) is 5.76 Å². The minimum absolute atomic E-state index is 0.125. The number of aliphatic hydroxyl groups excluding tert-OH is 1. The van der Waals surface area contributed by atoms with Gasteiger partial charge >= 0.3 is 5.97 Å². The van der Waals surface area contributed by atoms with Gasteiger partial charge in [-0.3, -0.25) is 14.5 Å². The third kappa shape index (κ3) is 5.05. The van der Waals surface area contributed by atoms with Crippen molar-refractivity contribution in [3.63, 3.8) is 0 Å². The average molecular weight is 540 g/mol.